The molecule has 0 aliphatic carbocycles. The summed E-state index contributed by atoms with van der Waals surface area (Å²) in [6, 6.07) is 9.37. The van der Waals surface area contributed by atoms with Gasteiger partial charge in [-0.1, -0.05) is 104 Å². The number of hydrogen-bond acceptors (Lipinski definition) is 16. The molecule has 0 spiro atoms. The number of aromatic nitrogens is 4. The molecule has 8 atom stereocenters. The van der Waals surface area contributed by atoms with Crippen molar-refractivity contribution in [2.45, 2.75) is 183 Å². The molecule has 1 aliphatic rings. The molecule has 22 heteroatoms. The Morgan fingerprint density at radius 2 is 0.686 bits per heavy atom. The molecule has 472 valence electrons. The minimum atomic E-state index is -1.55. The van der Waals surface area contributed by atoms with Crippen molar-refractivity contribution in [3.05, 3.63) is 95.6 Å². The zero-order valence-electron chi connectivity index (χ0n) is 53.2. The van der Waals surface area contributed by atoms with Crippen molar-refractivity contribution in [2.24, 2.45) is 23.7 Å². The highest BCUT2D eigenvalue weighted by Gasteiger charge is 2.43. The summed E-state index contributed by atoms with van der Waals surface area (Å²) >= 11 is 0. The molecule has 1 aliphatic heterocycles. The lowest BCUT2D eigenvalue weighted by molar-refractivity contribution is -0.176. The quantitative estimate of drug-likeness (QED) is 0.0642. The van der Waals surface area contributed by atoms with Gasteiger partial charge < -0.3 is 48.0 Å². The Hall–Kier alpha value is -7.78. The summed E-state index contributed by atoms with van der Waals surface area (Å²) in [5.74, 6) is -6.31. The van der Waals surface area contributed by atoms with Gasteiger partial charge >= 0.3 is 23.9 Å². The molecule has 1 fully saturated rings. The minimum absolute atomic E-state index is 0.0714. The van der Waals surface area contributed by atoms with Crippen LogP contribution >= 0.6 is 0 Å². The van der Waals surface area contributed by atoms with E-state index in [1.54, 1.807) is 58.4 Å². The van der Waals surface area contributed by atoms with Crippen LogP contribution < -0.4 is 9.47 Å². The van der Waals surface area contributed by atoms with Crippen molar-refractivity contribution in [3.63, 3.8) is 0 Å². The number of carbonyl (C=O) groups excluding carboxylic acids is 8. The average molecular weight is 1200 g/mol. The van der Waals surface area contributed by atoms with Gasteiger partial charge in [0.2, 0.25) is 0 Å². The van der Waals surface area contributed by atoms with E-state index in [4.69, 9.17) is 28.4 Å². The Kier molecular flexibility index (Phi) is 25.8. The number of likely N-dealkylation sites (N-methyl/N-ethyl adjacent to an activating group) is 4. The van der Waals surface area contributed by atoms with Gasteiger partial charge in [-0.2, -0.15) is 10.2 Å². The summed E-state index contributed by atoms with van der Waals surface area (Å²) in [5.41, 5.74) is 2.94. The highest BCUT2D eigenvalue weighted by atomic mass is 16.6. The molecular formula is C64H92N8O14. The van der Waals surface area contributed by atoms with Crippen LogP contribution in [-0.4, -0.2) is 177 Å². The Labute approximate surface area is 507 Å². The van der Waals surface area contributed by atoms with Gasteiger partial charge in [0.1, 0.15) is 24.2 Å². The molecule has 0 radical (unpaired) electrons. The molecule has 0 unspecified atom stereocenters. The molecule has 4 amide bonds. The first-order chi connectivity index (χ1) is 40.6. The molecule has 4 aromatic rings. The normalized spacial score (nSPS) is 22.4. The molecular weight excluding hydrogens is 1100 g/mol. The summed E-state index contributed by atoms with van der Waals surface area (Å²) < 4.78 is 38.9. The fourth-order valence-corrected chi connectivity index (χ4v) is 10.2. The number of nitrogens with zero attached hydrogens (tertiary/aromatic N) is 8. The highest BCUT2D eigenvalue weighted by Crippen LogP contribution is 2.25. The monoisotopic (exact) mass is 1200 g/mol. The lowest BCUT2D eigenvalue weighted by Crippen LogP contribution is -2.55. The van der Waals surface area contributed by atoms with E-state index < -0.39 is 96.1 Å². The summed E-state index contributed by atoms with van der Waals surface area (Å²) in [4.78, 5) is 122. The third-order valence-corrected chi connectivity index (χ3v) is 14.9. The van der Waals surface area contributed by atoms with Gasteiger partial charge in [-0.15, -0.1) is 0 Å². The van der Waals surface area contributed by atoms with Crippen molar-refractivity contribution in [1.82, 2.24) is 39.2 Å². The maximum atomic E-state index is 15.1. The van der Waals surface area contributed by atoms with Gasteiger partial charge in [-0.25, -0.2) is 19.2 Å². The minimum Gasteiger partial charge on any atom is -0.491 e. The first-order valence-electron chi connectivity index (χ1n) is 30.0. The number of esters is 4. The van der Waals surface area contributed by atoms with Crippen LogP contribution in [0, 0.1) is 23.7 Å². The Morgan fingerprint density at radius 3 is 0.965 bits per heavy atom. The smallest absolute Gasteiger partial charge is 0.329 e. The Morgan fingerprint density at radius 1 is 0.419 bits per heavy atom. The second kappa shape index (κ2) is 32.1. The number of amides is 4. The summed E-state index contributed by atoms with van der Waals surface area (Å²) in [6.07, 6.45) is 0.687. The maximum absolute atomic E-state index is 15.1. The van der Waals surface area contributed by atoms with Crippen LogP contribution in [0.4, 0.5) is 0 Å². The molecule has 3 heterocycles. The zero-order chi connectivity index (χ0) is 63.7. The van der Waals surface area contributed by atoms with E-state index in [2.05, 4.69) is 10.2 Å². The fraction of sp³-hybridized carbons (Fsp3) is 0.594. The molecule has 5 rings (SSSR count). The molecule has 1 saturated heterocycles. The molecule has 0 saturated carbocycles. The molecule has 2 aromatic carbocycles. The van der Waals surface area contributed by atoms with Crippen LogP contribution in [0.2, 0.25) is 0 Å². The average Bonchev–Trinajstić information content (AvgIpc) is 3.41. The second-order valence-corrected chi connectivity index (χ2v) is 24.0. The third-order valence-electron chi connectivity index (χ3n) is 14.9. The van der Waals surface area contributed by atoms with Gasteiger partial charge in [0.25, 0.3) is 23.6 Å². The number of rotatable bonds is 20. The topological polar surface area (TPSA) is 241 Å². The van der Waals surface area contributed by atoms with Crippen LogP contribution in [0.5, 0.6) is 11.5 Å². The van der Waals surface area contributed by atoms with Crippen LogP contribution in [0.3, 0.4) is 0 Å². The van der Waals surface area contributed by atoms with E-state index >= 15 is 9.59 Å². The Balaban J connectivity index is 1.57. The fourth-order valence-electron chi connectivity index (χ4n) is 10.2. The van der Waals surface area contributed by atoms with E-state index in [0.29, 0.717) is 48.9 Å². The standard InChI is InChI=1S/C64H92N8O14/c1-17-81-49-33-65-71(37-49)35-47-23-19-45(20-24-47)31-55-59(75)69(15)51(27-39(3)4)61(77)83-44(12)58(74)68(14)54(30-42(9)10)64(80)86-56(32-46-21-25-48(26-22-46)36-72-38-50(34-66-72)82-18-2)60(76)70(16)52(28-40(5)6)62(78)84-43(11)57(73)67(13)53(29-41(7)8)63(79)85-55/h19-26,33-34,37-44,51-56H,17-18,27-32,35-36H2,1-16H3/t43-,44-,51+,52+,53+,54+,55-,56-/m1/s1. The first kappa shape index (κ1) is 69.0. The van der Waals surface area contributed by atoms with Crippen molar-refractivity contribution >= 4 is 47.5 Å². The predicted molar refractivity (Wildman–Crippen MR) is 320 cm³/mol. The SMILES string of the molecule is CCOc1cnn(Cc2ccc(C[C@H]3OC(=O)[C@H](CC(C)C)N(C)C(=O)[C@@H](C)OC(=O)[C@H](CC(C)C)N(C)C(=O)[C@@H](Cc4ccc(Cn5cc(OCC)cn5)cc4)OC(=O)[C@H](CC(C)C)N(C)C(=O)[C@@H](C)OC(=O)[C@H](CC(C)C)N(C)C3=O)cc2)c1. The largest absolute Gasteiger partial charge is 0.491 e. The number of cyclic esters (lactones) is 4. The highest BCUT2D eigenvalue weighted by molar-refractivity contribution is 5.94. The second-order valence-electron chi connectivity index (χ2n) is 24.0. The predicted octanol–water partition coefficient (Wildman–Crippen LogP) is 6.95. The van der Waals surface area contributed by atoms with Gasteiger partial charge in [0.15, 0.2) is 35.9 Å². The lowest BCUT2D eigenvalue weighted by Gasteiger charge is -2.35. The van der Waals surface area contributed by atoms with Crippen LogP contribution in [0.15, 0.2) is 73.3 Å². The first-order valence-corrected chi connectivity index (χ1v) is 30.0. The van der Waals surface area contributed by atoms with E-state index in [-0.39, 0.29) is 62.2 Å². The number of carbonyl (C=O) groups is 8. The zero-order valence-corrected chi connectivity index (χ0v) is 53.2. The third kappa shape index (κ3) is 19.6. The van der Waals surface area contributed by atoms with Crippen LogP contribution in [0.1, 0.15) is 131 Å². The van der Waals surface area contributed by atoms with Gasteiger partial charge in [0, 0.05) is 41.0 Å². The van der Waals surface area contributed by atoms with Crippen molar-refractivity contribution in [2.75, 3.05) is 41.4 Å². The van der Waals surface area contributed by atoms with Crippen molar-refractivity contribution < 1.29 is 66.8 Å². The molecule has 22 nitrogen and oxygen atoms in total. The number of ether oxygens (including phenoxy) is 6. The van der Waals surface area contributed by atoms with Crippen molar-refractivity contribution in [3.8, 4) is 11.5 Å². The lowest BCUT2D eigenvalue weighted by atomic mass is 9.99. The maximum Gasteiger partial charge on any atom is 0.329 e. The Bertz CT molecular complexity index is 2690. The number of benzene rings is 2. The molecule has 86 heavy (non-hydrogen) atoms. The molecule has 0 bridgehead atoms. The molecule has 0 N–H and O–H groups in total. The number of hydrogen-bond donors (Lipinski definition) is 0. The summed E-state index contributed by atoms with van der Waals surface area (Å²) in [6.45, 7) is 23.1. The van der Waals surface area contributed by atoms with E-state index in [1.807, 2.05) is 93.5 Å². The van der Waals surface area contributed by atoms with Crippen LogP contribution in [-0.2, 0) is 83.2 Å². The van der Waals surface area contributed by atoms with Crippen LogP contribution in [0.25, 0.3) is 0 Å². The van der Waals surface area contributed by atoms with Crippen molar-refractivity contribution in [1.29, 1.82) is 0 Å². The molecule has 2 aromatic heterocycles. The van der Waals surface area contributed by atoms with E-state index in [0.717, 1.165) is 30.7 Å². The summed E-state index contributed by atoms with van der Waals surface area (Å²) in [5, 5.41) is 8.75. The van der Waals surface area contributed by atoms with Gasteiger partial charge in [0.05, 0.1) is 51.1 Å². The van der Waals surface area contributed by atoms with E-state index in [1.165, 1.54) is 42.0 Å². The van der Waals surface area contributed by atoms with E-state index in [9.17, 15) is 28.8 Å². The van der Waals surface area contributed by atoms with Gasteiger partial charge in [-0.3, -0.25) is 28.5 Å². The van der Waals surface area contributed by atoms with Gasteiger partial charge in [-0.05, 0) is 99.3 Å². The summed E-state index contributed by atoms with van der Waals surface area (Å²) in [7, 11) is 5.55.